The van der Waals surface area contributed by atoms with Crippen LogP contribution in [0.4, 0.5) is 5.13 Å². The van der Waals surface area contributed by atoms with Crippen LogP contribution in [0.15, 0.2) is 215 Å². The molecule has 0 bridgehead atoms. The third kappa shape index (κ3) is 14.5. The minimum atomic E-state index is -2.08. The summed E-state index contributed by atoms with van der Waals surface area (Å²) in [4.78, 5) is 76.2. The van der Waals surface area contributed by atoms with E-state index >= 15 is 9.59 Å². The Labute approximate surface area is 558 Å². The average Bonchev–Trinajstić information content (AvgIpc) is 0.914. The molecule has 4 heterocycles. The van der Waals surface area contributed by atoms with Crippen LogP contribution in [0.5, 0.6) is 23.0 Å². The number of carbonyl (C=O) groups excluding carboxylic acids is 3. The minimum Gasteiger partial charge on any atom is -0.504 e. The Hall–Kier alpha value is -10.3. The maximum atomic E-state index is 15.7. The number of carboxylic acids is 1. The number of benzene rings is 7. The number of esters is 1. The Morgan fingerprint density at radius 2 is 1.33 bits per heavy atom. The molecule has 95 heavy (non-hydrogen) atoms. The van der Waals surface area contributed by atoms with Crippen molar-refractivity contribution in [3.05, 3.63) is 250 Å². The summed E-state index contributed by atoms with van der Waals surface area (Å²) in [6.07, 6.45) is -1.51. The highest BCUT2D eigenvalue weighted by Crippen LogP contribution is 2.49. The van der Waals surface area contributed by atoms with E-state index in [2.05, 4.69) is 20.8 Å². The number of hydrogen-bond acceptors (Lipinski definition) is 22. The van der Waals surface area contributed by atoms with Crippen LogP contribution in [0.3, 0.4) is 0 Å². The van der Waals surface area contributed by atoms with E-state index in [0.717, 1.165) is 50.1 Å². The number of phenolic OH excluding ortho intramolecular Hbond substituents is 2. The fraction of sp³-hybridized carbons (Fsp3) is 0.200. The first-order valence-corrected chi connectivity index (χ1v) is 31.9. The summed E-state index contributed by atoms with van der Waals surface area (Å²) in [5, 5.41) is 43.8. The number of carbonyl (C=O) groups is 4. The van der Waals surface area contributed by atoms with Gasteiger partial charge in [-0.05, 0) is 58.1 Å². The lowest BCUT2D eigenvalue weighted by Gasteiger charge is -2.55. The normalized spacial score (nSPS) is 15.7. The van der Waals surface area contributed by atoms with Crippen molar-refractivity contribution in [2.75, 3.05) is 65.3 Å². The standard InChI is InChI=1S/C70H62N6O16S3/c1-84-32-34-86-42-88-55-31-29-47(37-56(55)89-43-87-35-33-85-2)61(65(82)91-60(44-18-8-3-9-19-44)45-20-10-4-11-21-45)92-75-58(52-40-95-68(72-52)74-70(48-22-12-5-13-23-48,49-24-14-6-15-25-49)50-26-16-7-17-27-50)62(79)73-69(41-93)66(83)76-59(64(80)81)51(39-94-67(69)76)63-71-38-57(90-63)46-28-30-53(77)54(78)36-46/h3-31,36-38,40-41,60-61,67,77-78H,32-35,39,42-43H2,1-2H3,(H,72,74)(H,73,79)(H,80,81)/t61?,67-,69+/m0/s1. The molecule has 2 amide bonds. The second kappa shape index (κ2) is 30.7. The molecule has 22 nitrogen and oxygen atoms in total. The zero-order chi connectivity index (χ0) is 66.3. The molecular formula is C70H62N6O16S3. The number of methoxy groups -OCH3 is 2. The van der Waals surface area contributed by atoms with Gasteiger partial charge >= 0.3 is 11.9 Å². The van der Waals surface area contributed by atoms with Gasteiger partial charge in [-0.3, -0.25) is 14.5 Å². The molecule has 9 aromatic rings. The maximum absolute atomic E-state index is 15.7. The fourth-order valence-corrected chi connectivity index (χ4v) is 13.2. The summed E-state index contributed by atoms with van der Waals surface area (Å²) in [5.74, 6) is -5.16. The van der Waals surface area contributed by atoms with Crippen LogP contribution >= 0.6 is 35.3 Å². The predicted octanol–water partition coefficient (Wildman–Crippen LogP) is 10.7. The summed E-state index contributed by atoms with van der Waals surface area (Å²) in [6, 6.07) is 55.8. The van der Waals surface area contributed by atoms with Gasteiger partial charge in [0.05, 0.1) is 38.2 Å². The number of thiocarbonyl (C=S) groups is 1. The molecule has 0 radical (unpaired) electrons. The molecular weight excluding hydrogens is 1280 g/mol. The smallest absolute Gasteiger partial charge is 0.355 e. The molecule has 25 heteroatoms. The molecule has 1 fully saturated rings. The first kappa shape index (κ1) is 66.2. The van der Waals surface area contributed by atoms with Crippen LogP contribution in [0, 0.1) is 0 Å². The molecule has 2 aromatic heterocycles. The highest BCUT2D eigenvalue weighted by molar-refractivity contribution is 8.00. The fourth-order valence-electron chi connectivity index (χ4n) is 10.7. The van der Waals surface area contributed by atoms with Crippen LogP contribution in [-0.2, 0) is 53.2 Å². The Morgan fingerprint density at radius 1 is 0.747 bits per heavy atom. The number of amides is 2. The largest absolute Gasteiger partial charge is 0.504 e. The van der Waals surface area contributed by atoms with Crippen molar-refractivity contribution in [2.45, 2.75) is 28.7 Å². The zero-order valence-corrected chi connectivity index (χ0v) is 53.4. The van der Waals surface area contributed by atoms with Crippen molar-refractivity contribution in [3.8, 4) is 34.3 Å². The molecule has 486 valence electrons. The monoisotopic (exact) mass is 1340 g/mol. The highest BCUT2D eigenvalue weighted by Gasteiger charge is 2.65. The van der Waals surface area contributed by atoms with E-state index in [1.165, 1.54) is 56.8 Å². The van der Waals surface area contributed by atoms with Gasteiger partial charge in [-0.25, -0.2) is 19.6 Å². The number of carboxylic acid groups (broad SMARTS) is 1. The number of fused-ring (bicyclic) bond motifs is 1. The molecule has 2 aliphatic heterocycles. The van der Waals surface area contributed by atoms with Gasteiger partial charge in [0.1, 0.15) is 22.3 Å². The van der Waals surface area contributed by atoms with Crippen molar-refractivity contribution >= 4 is 80.9 Å². The second-order valence-electron chi connectivity index (χ2n) is 21.3. The van der Waals surface area contributed by atoms with E-state index in [0.29, 0.717) is 23.3 Å². The summed E-state index contributed by atoms with van der Waals surface area (Å²) >= 11 is 7.81. The van der Waals surface area contributed by atoms with E-state index in [4.69, 9.17) is 59.6 Å². The Morgan fingerprint density at radius 3 is 1.88 bits per heavy atom. The number of anilines is 1. The van der Waals surface area contributed by atoms with Crippen LogP contribution in [0.2, 0.25) is 0 Å². The van der Waals surface area contributed by atoms with E-state index in [1.54, 1.807) is 53.9 Å². The van der Waals surface area contributed by atoms with E-state index in [1.807, 2.05) is 103 Å². The molecule has 0 saturated carbocycles. The van der Waals surface area contributed by atoms with Crippen molar-refractivity contribution in [3.63, 3.8) is 0 Å². The second-order valence-corrected chi connectivity index (χ2v) is 23.4. The number of nitrogens with one attached hydrogen (secondary N) is 2. The third-order valence-electron chi connectivity index (χ3n) is 15.4. The molecule has 0 spiro atoms. The van der Waals surface area contributed by atoms with E-state index in [9.17, 15) is 24.9 Å². The van der Waals surface area contributed by atoms with Gasteiger partial charge in [0.2, 0.25) is 12.0 Å². The number of oxime groups is 1. The molecule has 1 unspecified atom stereocenters. The number of aliphatic carboxylic acids is 1. The van der Waals surface area contributed by atoms with Gasteiger partial charge in [-0.2, -0.15) is 0 Å². The summed E-state index contributed by atoms with van der Waals surface area (Å²) in [6.45, 7) is 0.464. The molecule has 5 N–H and O–H groups in total. The Kier molecular flexibility index (Phi) is 21.4. The van der Waals surface area contributed by atoms with Gasteiger partial charge < -0.3 is 68.4 Å². The van der Waals surface area contributed by atoms with Gasteiger partial charge in [0, 0.05) is 41.8 Å². The number of rotatable bonds is 31. The van der Waals surface area contributed by atoms with Gasteiger partial charge in [0.25, 0.3) is 11.8 Å². The maximum Gasteiger partial charge on any atom is 0.355 e. The van der Waals surface area contributed by atoms with Crippen molar-refractivity contribution in [2.24, 2.45) is 5.16 Å². The number of aromatic hydroxyl groups is 2. The number of phenols is 2. The first-order valence-electron chi connectivity index (χ1n) is 29.5. The topological polar surface area (TPSA) is 281 Å². The summed E-state index contributed by atoms with van der Waals surface area (Å²) in [5.41, 5.74) is -0.116. The number of ether oxygens (including phenoxy) is 7. The predicted molar refractivity (Wildman–Crippen MR) is 357 cm³/mol. The molecule has 3 atom stereocenters. The number of hydrogen-bond donors (Lipinski definition) is 5. The highest BCUT2D eigenvalue weighted by atomic mass is 32.2. The number of nitrogens with zero attached hydrogens (tertiary/aromatic N) is 4. The molecule has 2 aliphatic rings. The minimum absolute atomic E-state index is 0.0308. The van der Waals surface area contributed by atoms with Crippen LogP contribution < -0.4 is 20.1 Å². The van der Waals surface area contributed by atoms with Crippen LogP contribution in [-0.4, -0.2) is 136 Å². The summed E-state index contributed by atoms with van der Waals surface area (Å²) in [7, 11) is 3.07. The van der Waals surface area contributed by atoms with Crippen molar-refractivity contribution in [1.29, 1.82) is 0 Å². The van der Waals surface area contributed by atoms with Crippen LogP contribution in [0.1, 0.15) is 57.2 Å². The van der Waals surface area contributed by atoms with Gasteiger partial charge in [-0.1, -0.05) is 175 Å². The lowest BCUT2D eigenvalue weighted by molar-refractivity contribution is -0.162. The summed E-state index contributed by atoms with van der Waals surface area (Å²) < 4.78 is 46.2. The third-order valence-corrected chi connectivity index (χ3v) is 17.8. The quantitative estimate of drug-likeness (QED) is 0.00311. The SMILES string of the molecule is COCCOCOc1ccc(C(ON=C(C(=O)N[C@]2(C=S)C(=O)N3C(C(=O)O)=C(c4ncc(-c5ccc(O)c(O)c5)o4)CS[C@H]32)c2csc(NC(c3ccccc3)(c3ccccc3)c3ccccc3)n2)C(=O)OC(c2ccccc2)c2ccccc2)cc1OCOCCOC. The van der Waals surface area contributed by atoms with Gasteiger partial charge in [-0.15, -0.1) is 23.1 Å². The molecule has 0 aliphatic carbocycles. The van der Waals surface area contributed by atoms with Crippen molar-refractivity contribution in [1.82, 2.24) is 20.2 Å². The van der Waals surface area contributed by atoms with Gasteiger partial charge in [0.15, 0.2) is 64.8 Å². The number of oxazole rings is 1. The lowest BCUT2D eigenvalue weighted by atomic mass is 9.77. The van der Waals surface area contributed by atoms with E-state index < -0.39 is 69.6 Å². The zero-order valence-electron chi connectivity index (χ0n) is 51.0. The van der Waals surface area contributed by atoms with Crippen molar-refractivity contribution < 1.29 is 76.9 Å². The Bertz CT molecular complexity index is 4090. The number of aromatic nitrogens is 2. The van der Waals surface area contributed by atoms with E-state index in [-0.39, 0.29) is 90.0 Å². The van der Waals surface area contributed by atoms with Crippen LogP contribution in [0.25, 0.3) is 16.9 Å². The molecule has 11 rings (SSSR count). The number of thioether (sulfide) groups is 1. The molecule has 1 saturated heterocycles. The Balaban J connectivity index is 1.01. The number of thiazole rings is 1. The average molecular weight is 1340 g/mol. The lowest BCUT2D eigenvalue weighted by Crippen LogP contribution is -2.80. The first-order chi connectivity index (χ1) is 46.4. The number of β-lactam (4-membered cyclic amide) rings is 1. The molecule has 7 aromatic carbocycles.